The van der Waals surface area contributed by atoms with E-state index >= 15 is 0 Å². The van der Waals surface area contributed by atoms with Gasteiger partial charge in [0.25, 0.3) is 0 Å². The van der Waals surface area contributed by atoms with Crippen LogP contribution in [0.25, 0.3) is 0 Å². The second kappa shape index (κ2) is 4.71. The molecule has 0 unspecified atom stereocenters. The summed E-state index contributed by atoms with van der Waals surface area (Å²) in [4.78, 5) is 16.2. The molecule has 1 fully saturated rings. The first kappa shape index (κ1) is 12.5. The number of hydrogen-bond donors (Lipinski definition) is 0. The molecule has 0 aromatic carbocycles. The predicted octanol–water partition coefficient (Wildman–Crippen LogP) is 2.88. The topological polar surface area (TPSA) is 23.6 Å². The Morgan fingerprint density at radius 1 is 1.12 bits per heavy atom. The summed E-state index contributed by atoms with van der Waals surface area (Å²) >= 11 is 0. The number of hydrogen-bond acceptors (Lipinski definition) is 1. The molecule has 0 aromatic rings. The molecule has 2 aliphatic rings. The van der Waals surface area contributed by atoms with Crippen molar-refractivity contribution in [2.45, 2.75) is 40.0 Å². The summed E-state index contributed by atoms with van der Waals surface area (Å²) in [7, 11) is 0. The van der Waals surface area contributed by atoms with Crippen LogP contribution in [0.4, 0.5) is 4.79 Å². The highest BCUT2D eigenvalue weighted by Gasteiger charge is 2.27. The number of nitrogens with zero attached hydrogens (tertiary/aromatic N) is 2. The van der Waals surface area contributed by atoms with E-state index in [4.69, 9.17) is 0 Å². The van der Waals surface area contributed by atoms with Crippen molar-refractivity contribution in [3.8, 4) is 0 Å². The highest BCUT2D eigenvalue weighted by molar-refractivity contribution is 5.75. The van der Waals surface area contributed by atoms with Crippen LogP contribution >= 0.6 is 0 Å². The third-order valence-corrected chi connectivity index (χ3v) is 3.82. The quantitative estimate of drug-likeness (QED) is 0.593. The highest BCUT2D eigenvalue weighted by atomic mass is 16.2. The summed E-state index contributed by atoms with van der Waals surface area (Å²) < 4.78 is 0. The average Bonchev–Trinajstić information content (AvgIpc) is 2.80. The van der Waals surface area contributed by atoms with Crippen molar-refractivity contribution >= 4 is 6.03 Å². The Kier molecular flexibility index (Phi) is 3.45. The van der Waals surface area contributed by atoms with Gasteiger partial charge in [0.1, 0.15) is 0 Å². The van der Waals surface area contributed by atoms with E-state index in [1.807, 2.05) is 9.80 Å². The Balaban J connectivity index is 1.94. The van der Waals surface area contributed by atoms with Gasteiger partial charge in [-0.1, -0.05) is 32.4 Å². The van der Waals surface area contributed by atoms with Gasteiger partial charge in [0.05, 0.1) is 0 Å². The first-order chi connectivity index (χ1) is 7.98. The number of likely N-dealkylation sites (tertiary alicyclic amines) is 1. The zero-order chi connectivity index (χ0) is 12.5. The molecule has 2 heterocycles. The summed E-state index contributed by atoms with van der Waals surface area (Å²) in [5, 5.41) is 0. The molecule has 0 radical (unpaired) electrons. The van der Waals surface area contributed by atoms with Crippen LogP contribution in [0.2, 0.25) is 0 Å². The van der Waals surface area contributed by atoms with E-state index in [9.17, 15) is 4.79 Å². The third kappa shape index (κ3) is 2.82. The normalized spacial score (nSPS) is 21.7. The van der Waals surface area contributed by atoms with Crippen LogP contribution < -0.4 is 0 Å². The van der Waals surface area contributed by atoms with E-state index in [-0.39, 0.29) is 11.4 Å². The molecular weight excluding hydrogens is 212 g/mol. The average molecular weight is 236 g/mol. The Morgan fingerprint density at radius 3 is 2.24 bits per heavy atom. The maximum Gasteiger partial charge on any atom is 0.320 e. The van der Waals surface area contributed by atoms with E-state index < -0.39 is 0 Å². The molecule has 0 aromatic heterocycles. The van der Waals surface area contributed by atoms with Crippen molar-refractivity contribution in [3.63, 3.8) is 0 Å². The molecule has 3 heteroatoms. The Bertz CT molecular complexity index is 322. The van der Waals surface area contributed by atoms with Gasteiger partial charge < -0.3 is 9.80 Å². The van der Waals surface area contributed by atoms with Crippen LogP contribution in [0.5, 0.6) is 0 Å². The standard InChI is InChI=1S/C14H24N2O/c1-14(2,3)12-6-10-16(11-7-12)13(17)15-8-4-5-9-15/h6H,4-5,7-11H2,1-3H3. The lowest BCUT2D eigenvalue weighted by Gasteiger charge is -2.34. The fourth-order valence-corrected chi connectivity index (χ4v) is 2.63. The third-order valence-electron chi connectivity index (χ3n) is 3.82. The van der Waals surface area contributed by atoms with Crippen LogP contribution in [0.1, 0.15) is 40.0 Å². The maximum absolute atomic E-state index is 12.2. The van der Waals surface area contributed by atoms with Gasteiger partial charge in [0.15, 0.2) is 0 Å². The molecule has 2 rings (SSSR count). The number of urea groups is 1. The monoisotopic (exact) mass is 236 g/mol. The molecular formula is C14H24N2O. The molecule has 1 saturated heterocycles. The zero-order valence-electron chi connectivity index (χ0n) is 11.3. The Hall–Kier alpha value is -0.990. The summed E-state index contributed by atoms with van der Waals surface area (Å²) in [6.07, 6.45) is 5.62. The van der Waals surface area contributed by atoms with Crippen LogP contribution in [0.3, 0.4) is 0 Å². The van der Waals surface area contributed by atoms with Crippen LogP contribution in [0, 0.1) is 5.41 Å². The highest BCUT2D eigenvalue weighted by Crippen LogP contribution is 2.30. The van der Waals surface area contributed by atoms with E-state index in [0.29, 0.717) is 0 Å². The van der Waals surface area contributed by atoms with E-state index in [1.165, 1.54) is 18.4 Å². The maximum atomic E-state index is 12.2. The van der Waals surface area contributed by atoms with Gasteiger partial charge in [-0.2, -0.15) is 0 Å². The van der Waals surface area contributed by atoms with Crippen molar-refractivity contribution < 1.29 is 4.79 Å². The largest absolute Gasteiger partial charge is 0.325 e. The zero-order valence-corrected chi connectivity index (χ0v) is 11.3. The molecule has 0 spiro atoms. The first-order valence-electron chi connectivity index (χ1n) is 6.72. The molecule has 96 valence electrons. The van der Waals surface area contributed by atoms with Gasteiger partial charge >= 0.3 is 6.03 Å². The second-order valence-electron chi connectivity index (χ2n) is 6.15. The molecule has 3 nitrogen and oxygen atoms in total. The smallest absolute Gasteiger partial charge is 0.320 e. The lowest BCUT2D eigenvalue weighted by molar-refractivity contribution is 0.164. The van der Waals surface area contributed by atoms with Gasteiger partial charge in [-0.25, -0.2) is 4.79 Å². The lowest BCUT2D eigenvalue weighted by Crippen LogP contribution is -2.44. The van der Waals surface area contributed by atoms with Crippen LogP contribution in [-0.2, 0) is 0 Å². The predicted molar refractivity (Wildman–Crippen MR) is 69.9 cm³/mol. The van der Waals surface area contributed by atoms with Gasteiger partial charge in [-0.3, -0.25) is 0 Å². The van der Waals surface area contributed by atoms with Crippen molar-refractivity contribution in [3.05, 3.63) is 11.6 Å². The van der Waals surface area contributed by atoms with Gasteiger partial charge in [0, 0.05) is 26.2 Å². The van der Waals surface area contributed by atoms with Crippen molar-refractivity contribution in [2.24, 2.45) is 5.41 Å². The fraction of sp³-hybridized carbons (Fsp3) is 0.786. The number of rotatable bonds is 0. The minimum atomic E-state index is 0.242. The molecule has 0 bridgehead atoms. The number of carbonyl (C=O) groups excluding carboxylic acids is 1. The lowest BCUT2D eigenvalue weighted by atomic mass is 9.83. The van der Waals surface area contributed by atoms with Crippen LogP contribution in [0.15, 0.2) is 11.6 Å². The first-order valence-corrected chi connectivity index (χ1v) is 6.72. The molecule has 0 saturated carbocycles. The number of amides is 2. The minimum absolute atomic E-state index is 0.242. The Labute approximate surface area is 104 Å². The van der Waals surface area contributed by atoms with E-state index in [0.717, 1.165) is 32.6 Å². The van der Waals surface area contributed by atoms with Crippen molar-refractivity contribution in [1.82, 2.24) is 9.80 Å². The summed E-state index contributed by atoms with van der Waals surface area (Å²) in [5.41, 5.74) is 1.74. The molecule has 0 N–H and O–H groups in total. The van der Waals surface area contributed by atoms with E-state index in [1.54, 1.807) is 0 Å². The fourth-order valence-electron chi connectivity index (χ4n) is 2.63. The van der Waals surface area contributed by atoms with E-state index in [2.05, 4.69) is 26.8 Å². The summed E-state index contributed by atoms with van der Waals surface area (Å²) in [6.45, 7) is 10.3. The van der Waals surface area contributed by atoms with Crippen molar-refractivity contribution in [2.75, 3.05) is 26.2 Å². The summed E-state index contributed by atoms with van der Waals surface area (Å²) in [6, 6.07) is 0.242. The molecule has 0 aliphatic carbocycles. The molecule has 0 atom stereocenters. The second-order valence-corrected chi connectivity index (χ2v) is 6.15. The van der Waals surface area contributed by atoms with Gasteiger partial charge in [0.2, 0.25) is 0 Å². The minimum Gasteiger partial charge on any atom is -0.325 e. The van der Waals surface area contributed by atoms with Gasteiger partial charge in [-0.15, -0.1) is 0 Å². The van der Waals surface area contributed by atoms with Crippen molar-refractivity contribution in [1.29, 1.82) is 0 Å². The molecule has 2 aliphatic heterocycles. The van der Waals surface area contributed by atoms with Crippen LogP contribution in [-0.4, -0.2) is 42.0 Å². The Morgan fingerprint density at radius 2 is 1.76 bits per heavy atom. The van der Waals surface area contributed by atoms with Gasteiger partial charge in [-0.05, 0) is 24.7 Å². The summed E-state index contributed by atoms with van der Waals surface area (Å²) in [5.74, 6) is 0. The molecule has 2 amide bonds. The number of carbonyl (C=O) groups is 1. The molecule has 17 heavy (non-hydrogen) atoms. The SMILES string of the molecule is CC(C)(C)C1=CCN(C(=O)N2CCCC2)CC1.